The van der Waals surface area contributed by atoms with Crippen LogP contribution in [0.4, 0.5) is 5.69 Å². The number of anilines is 1. The Morgan fingerprint density at radius 1 is 1.05 bits per heavy atom. The standard InChI is InChI=1S/C18H23NO/c1-4-18(20)15-9-11-17(12-10-15)19(3)13-16-8-6-5-7-14(16)2/h5-12,18,20H,4,13H2,1-3H3/t18-/m0/s1. The second kappa shape index (κ2) is 6.58. The third-order valence-corrected chi connectivity index (χ3v) is 3.77. The first kappa shape index (κ1) is 14.6. The Morgan fingerprint density at radius 2 is 1.70 bits per heavy atom. The van der Waals surface area contributed by atoms with E-state index in [2.05, 4.69) is 55.3 Å². The van der Waals surface area contributed by atoms with Gasteiger partial charge < -0.3 is 10.0 Å². The van der Waals surface area contributed by atoms with Gasteiger partial charge in [0.25, 0.3) is 0 Å². The maximum atomic E-state index is 9.82. The predicted octanol–water partition coefficient (Wildman–Crippen LogP) is 4.07. The fraction of sp³-hybridized carbons (Fsp3) is 0.333. The molecule has 0 fully saturated rings. The third-order valence-electron chi connectivity index (χ3n) is 3.77. The molecule has 1 atom stereocenters. The number of aryl methyl sites for hydroxylation is 1. The minimum absolute atomic E-state index is 0.356. The first-order valence-electron chi connectivity index (χ1n) is 7.15. The molecule has 0 saturated heterocycles. The van der Waals surface area contributed by atoms with E-state index in [1.54, 1.807) is 0 Å². The molecule has 2 rings (SSSR count). The van der Waals surface area contributed by atoms with Gasteiger partial charge in [0.05, 0.1) is 6.10 Å². The lowest BCUT2D eigenvalue weighted by atomic mass is 10.1. The van der Waals surface area contributed by atoms with Gasteiger partial charge in [-0.3, -0.25) is 0 Å². The first-order chi connectivity index (χ1) is 9.61. The molecule has 0 unspecified atom stereocenters. The molecule has 2 aromatic rings. The molecule has 0 saturated carbocycles. The molecular formula is C18H23NO. The van der Waals surface area contributed by atoms with Crippen molar-refractivity contribution in [3.05, 3.63) is 65.2 Å². The number of rotatable bonds is 5. The molecule has 106 valence electrons. The van der Waals surface area contributed by atoms with Crippen molar-refractivity contribution in [2.45, 2.75) is 32.9 Å². The van der Waals surface area contributed by atoms with E-state index in [0.717, 1.165) is 18.5 Å². The second-order valence-electron chi connectivity index (χ2n) is 5.30. The van der Waals surface area contributed by atoms with Crippen molar-refractivity contribution in [2.75, 3.05) is 11.9 Å². The molecule has 0 aromatic heterocycles. The van der Waals surface area contributed by atoms with Crippen LogP contribution in [0.1, 0.15) is 36.1 Å². The maximum Gasteiger partial charge on any atom is 0.0787 e. The molecular weight excluding hydrogens is 246 g/mol. The lowest BCUT2D eigenvalue weighted by Gasteiger charge is -2.21. The van der Waals surface area contributed by atoms with Crippen LogP contribution in [0.25, 0.3) is 0 Å². The van der Waals surface area contributed by atoms with E-state index in [4.69, 9.17) is 0 Å². The lowest BCUT2D eigenvalue weighted by Crippen LogP contribution is -2.17. The summed E-state index contributed by atoms with van der Waals surface area (Å²) >= 11 is 0. The molecule has 2 aromatic carbocycles. The number of nitrogens with zero attached hydrogens (tertiary/aromatic N) is 1. The van der Waals surface area contributed by atoms with Crippen molar-refractivity contribution in [1.82, 2.24) is 0 Å². The molecule has 0 aliphatic heterocycles. The quantitative estimate of drug-likeness (QED) is 0.884. The normalized spacial score (nSPS) is 12.2. The Labute approximate surface area is 121 Å². The summed E-state index contributed by atoms with van der Waals surface area (Å²) in [4.78, 5) is 2.23. The van der Waals surface area contributed by atoms with Crippen LogP contribution in [0.5, 0.6) is 0 Å². The molecule has 1 N–H and O–H groups in total. The fourth-order valence-electron chi connectivity index (χ4n) is 2.32. The van der Waals surface area contributed by atoms with Gasteiger partial charge >= 0.3 is 0 Å². The zero-order valence-corrected chi connectivity index (χ0v) is 12.5. The van der Waals surface area contributed by atoms with Crippen LogP contribution in [0, 0.1) is 6.92 Å². The molecule has 0 radical (unpaired) electrons. The van der Waals surface area contributed by atoms with Crippen molar-refractivity contribution in [3.8, 4) is 0 Å². The molecule has 2 heteroatoms. The highest BCUT2D eigenvalue weighted by atomic mass is 16.3. The van der Waals surface area contributed by atoms with E-state index >= 15 is 0 Å². The van der Waals surface area contributed by atoms with E-state index in [0.29, 0.717) is 0 Å². The average molecular weight is 269 g/mol. The van der Waals surface area contributed by atoms with Crippen molar-refractivity contribution >= 4 is 5.69 Å². The van der Waals surface area contributed by atoms with Crippen LogP contribution in [-0.2, 0) is 6.54 Å². The van der Waals surface area contributed by atoms with Crippen LogP contribution >= 0.6 is 0 Å². The van der Waals surface area contributed by atoms with Crippen LogP contribution in [0.2, 0.25) is 0 Å². The van der Waals surface area contributed by atoms with Crippen LogP contribution in [0.15, 0.2) is 48.5 Å². The molecule has 0 bridgehead atoms. The van der Waals surface area contributed by atoms with Crippen molar-refractivity contribution in [2.24, 2.45) is 0 Å². The zero-order chi connectivity index (χ0) is 14.5. The SMILES string of the molecule is CC[C@H](O)c1ccc(N(C)Cc2ccccc2C)cc1. The lowest BCUT2D eigenvalue weighted by molar-refractivity contribution is 0.173. The zero-order valence-electron chi connectivity index (χ0n) is 12.5. The summed E-state index contributed by atoms with van der Waals surface area (Å²) in [5.74, 6) is 0. The monoisotopic (exact) mass is 269 g/mol. The summed E-state index contributed by atoms with van der Waals surface area (Å²) in [5, 5.41) is 9.82. The van der Waals surface area contributed by atoms with Gasteiger partial charge in [-0.25, -0.2) is 0 Å². The van der Waals surface area contributed by atoms with Crippen LogP contribution in [0.3, 0.4) is 0 Å². The highest BCUT2D eigenvalue weighted by Gasteiger charge is 2.07. The Morgan fingerprint density at radius 3 is 2.30 bits per heavy atom. The summed E-state index contributed by atoms with van der Waals surface area (Å²) in [7, 11) is 2.09. The molecule has 20 heavy (non-hydrogen) atoms. The van der Waals surface area contributed by atoms with Gasteiger partial charge in [0.15, 0.2) is 0 Å². The van der Waals surface area contributed by atoms with E-state index in [-0.39, 0.29) is 6.10 Å². The number of aliphatic hydroxyl groups excluding tert-OH is 1. The number of aliphatic hydroxyl groups is 1. The smallest absolute Gasteiger partial charge is 0.0787 e. The Kier molecular flexibility index (Phi) is 4.80. The van der Waals surface area contributed by atoms with Gasteiger partial charge in [0.2, 0.25) is 0 Å². The van der Waals surface area contributed by atoms with Crippen molar-refractivity contribution < 1.29 is 5.11 Å². The summed E-state index contributed by atoms with van der Waals surface area (Å²) in [5.41, 5.74) is 4.81. The number of hydrogen-bond donors (Lipinski definition) is 1. The molecule has 0 aliphatic carbocycles. The summed E-state index contributed by atoms with van der Waals surface area (Å²) in [6.07, 6.45) is 0.393. The van der Waals surface area contributed by atoms with Gasteiger partial charge in [-0.2, -0.15) is 0 Å². The van der Waals surface area contributed by atoms with Gasteiger partial charge in [-0.05, 0) is 42.2 Å². The minimum atomic E-state index is -0.356. The van der Waals surface area contributed by atoms with E-state index < -0.39 is 0 Å². The largest absolute Gasteiger partial charge is 0.388 e. The topological polar surface area (TPSA) is 23.5 Å². The molecule has 0 heterocycles. The highest BCUT2D eigenvalue weighted by molar-refractivity contribution is 5.48. The molecule has 2 nitrogen and oxygen atoms in total. The minimum Gasteiger partial charge on any atom is -0.388 e. The van der Waals surface area contributed by atoms with Gasteiger partial charge in [0, 0.05) is 19.3 Å². The second-order valence-corrected chi connectivity index (χ2v) is 5.30. The Hall–Kier alpha value is -1.80. The summed E-state index contributed by atoms with van der Waals surface area (Å²) < 4.78 is 0. The molecule has 0 amide bonds. The Bertz CT molecular complexity index is 548. The maximum absolute atomic E-state index is 9.82. The number of hydrogen-bond acceptors (Lipinski definition) is 2. The average Bonchev–Trinajstić information content (AvgIpc) is 2.49. The number of benzene rings is 2. The molecule has 0 aliphatic rings. The predicted molar refractivity (Wildman–Crippen MR) is 85.0 cm³/mol. The fourth-order valence-corrected chi connectivity index (χ4v) is 2.32. The summed E-state index contributed by atoms with van der Waals surface area (Å²) in [6, 6.07) is 16.6. The van der Waals surface area contributed by atoms with Crippen molar-refractivity contribution in [1.29, 1.82) is 0 Å². The van der Waals surface area contributed by atoms with Crippen LogP contribution < -0.4 is 4.90 Å². The van der Waals surface area contributed by atoms with Crippen molar-refractivity contribution in [3.63, 3.8) is 0 Å². The van der Waals surface area contributed by atoms with Gasteiger partial charge in [-0.15, -0.1) is 0 Å². The van der Waals surface area contributed by atoms with E-state index in [1.165, 1.54) is 16.8 Å². The van der Waals surface area contributed by atoms with E-state index in [1.807, 2.05) is 19.1 Å². The highest BCUT2D eigenvalue weighted by Crippen LogP contribution is 2.22. The van der Waals surface area contributed by atoms with Crippen LogP contribution in [-0.4, -0.2) is 12.2 Å². The first-order valence-corrected chi connectivity index (χ1v) is 7.15. The third kappa shape index (κ3) is 3.40. The van der Waals surface area contributed by atoms with Gasteiger partial charge in [0.1, 0.15) is 0 Å². The summed E-state index contributed by atoms with van der Waals surface area (Å²) in [6.45, 7) is 5.02. The molecule has 0 spiro atoms. The van der Waals surface area contributed by atoms with Gasteiger partial charge in [-0.1, -0.05) is 43.3 Å². The Balaban J connectivity index is 2.10. The van der Waals surface area contributed by atoms with E-state index in [9.17, 15) is 5.11 Å².